The Labute approximate surface area is 130 Å². The van der Waals surface area contributed by atoms with E-state index in [1.165, 1.54) is 0 Å². The van der Waals surface area contributed by atoms with E-state index in [9.17, 15) is 35.7 Å². The van der Waals surface area contributed by atoms with Gasteiger partial charge in [-0.3, -0.25) is 0 Å². The van der Waals surface area contributed by atoms with Gasteiger partial charge in [0.2, 0.25) is 5.79 Å². The lowest BCUT2D eigenvalue weighted by atomic mass is 9.96. The van der Waals surface area contributed by atoms with Crippen LogP contribution in [0.4, 0.5) is 0 Å². The minimum atomic E-state index is -2.38. The fourth-order valence-corrected chi connectivity index (χ4v) is 2.53. The highest BCUT2D eigenvalue weighted by molar-refractivity contribution is 4.95. The van der Waals surface area contributed by atoms with Crippen LogP contribution in [-0.2, 0) is 14.2 Å². The number of aliphatic hydroxyl groups is 8. The molecule has 2 saturated heterocycles. The van der Waals surface area contributed by atoms with Crippen molar-refractivity contribution in [2.24, 2.45) is 0 Å². The highest BCUT2D eigenvalue weighted by Crippen LogP contribution is 2.30. The molecule has 2 aliphatic rings. The minimum absolute atomic E-state index is 0.466. The fourth-order valence-electron chi connectivity index (χ4n) is 2.53. The Balaban J connectivity index is 2.17. The van der Waals surface area contributed by atoms with Crippen molar-refractivity contribution in [3.8, 4) is 0 Å². The summed E-state index contributed by atoms with van der Waals surface area (Å²) in [5, 5.41) is 77.2. The topological polar surface area (TPSA) is 190 Å². The van der Waals surface area contributed by atoms with Gasteiger partial charge in [0, 0.05) is 0 Å². The zero-order chi connectivity index (χ0) is 17.4. The van der Waals surface area contributed by atoms with Gasteiger partial charge in [0.05, 0.1) is 19.8 Å². The number of hydrogen-bond donors (Lipinski definition) is 8. The quantitative estimate of drug-likeness (QED) is 0.243. The molecule has 0 bridgehead atoms. The van der Waals surface area contributed by atoms with Gasteiger partial charge < -0.3 is 55.1 Å². The summed E-state index contributed by atoms with van der Waals surface area (Å²) < 4.78 is 15.1. The number of aliphatic hydroxyl groups excluding tert-OH is 7. The molecule has 2 unspecified atom stereocenters. The molecule has 8 N–H and O–H groups in total. The van der Waals surface area contributed by atoms with Gasteiger partial charge in [-0.25, -0.2) is 0 Å². The molecular formula is C12H22O11. The smallest absolute Gasteiger partial charge is 0.219 e. The van der Waals surface area contributed by atoms with Gasteiger partial charge in [-0.2, -0.15) is 0 Å². The number of rotatable bonds is 4. The second-order valence-electron chi connectivity index (χ2n) is 5.63. The maximum absolute atomic E-state index is 10.1. The molecule has 11 nitrogen and oxygen atoms in total. The van der Waals surface area contributed by atoms with Gasteiger partial charge in [-0.05, 0) is 0 Å². The van der Waals surface area contributed by atoms with E-state index in [1.807, 2.05) is 0 Å². The maximum atomic E-state index is 10.1. The van der Waals surface area contributed by atoms with Crippen molar-refractivity contribution < 1.29 is 55.1 Å². The maximum Gasteiger partial charge on any atom is 0.219 e. The fraction of sp³-hybridized carbons (Fsp3) is 1.00. The average Bonchev–Trinajstić information content (AvgIpc) is 2.55. The Morgan fingerprint density at radius 2 is 1.61 bits per heavy atom. The molecule has 0 saturated carbocycles. The molecule has 9 atom stereocenters. The van der Waals surface area contributed by atoms with Crippen LogP contribution in [0.15, 0.2) is 0 Å². The Hall–Kier alpha value is -0.440. The van der Waals surface area contributed by atoms with Gasteiger partial charge >= 0.3 is 0 Å². The van der Waals surface area contributed by atoms with Crippen molar-refractivity contribution in [2.75, 3.05) is 19.8 Å². The molecule has 0 aromatic rings. The SMILES string of the molecule is OC[C@H]1O[C@@H](OC2[C@@H](O)[C@@H](O)COC2(O)CO)[C@H](O)[C@@H](O)[C@@H]1O. The number of ether oxygens (including phenoxy) is 3. The van der Waals surface area contributed by atoms with E-state index in [2.05, 4.69) is 0 Å². The summed E-state index contributed by atoms with van der Waals surface area (Å²) in [6.45, 7) is -2.15. The molecule has 2 heterocycles. The Bertz CT molecular complexity index is 393. The Morgan fingerprint density at radius 1 is 0.957 bits per heavy atom. The van der Waals surface area contributed by atoms with Crippen LogP contribution in [0, 0.1) is 0 Å². The third-order valence-corrected chi connectivity index (χ3v) is 4.01. The molecule has 0 amide bonds. The summed E-state index contributed by atoms with van der Waals surface area (Å²) in [6, 6.07) is 0. The van der Waals surface area contributed by atoms with Crippen molar-refractivity contribution in [1.29, 1.82) is 0 Å². The molecule has 2 aliphatic heterocycles. The molecule has 2 rings (SSSR count). The lowest BCUT2D eigenvalue weighted by Gasteiger charge is -2.47. The summed E-state index contributed by atoms with van der Waals surface area (Å²) in [7, 11) is 0. The molecule has 136 valence electrons. The van der Waals surface area contributed by atoms with Crippen LogP contribution in [0.5, 0.6) is 0 Å². The van der Waals surface area contributed by atoms with Crippen LogP contribution in [-0.4, -0.2) is 115 Å². The Kier molecular flexibility index (Phi) is 5.92. The zero-order valence-electron chi connectivity index (χ0n) is 12.0. The summed E-state index contributed by atoms with van der Waals surface area (Å²) in [6.07, 6.45) is -12.9. The Morgan fingerprint density at radius 3 is 2.17 bits per heavy atom. The van der Waals surface area contributed by atoms with Crippen LogP contribution in [0.2, 0.25) is 0 Å². The standard InChI is InChI=1S/C12H22O11/c13-1-5-7(17)8(18)9(19)11(22-5)23-10-6(16)4(15)2-21-12(10,20)3-14/h4-11,13-20H,1-3H2/t4-,5+,6-,7+,8-,9+,10?,11-,12?/m0/s1. The van der Waals surface area contributed by atoms with Gasteiger partial charge in [-0.15, -0.1) is 0 Å². The van der Waals surface area contributed by atoms with Crippen molar-refractivity contribution in [3.63, 3.8) is 0 Å². The van der Waals surface area contributed by atoms with Gasteiger partial charge in [0.1, 0.15) is 42.7 Å². The molecule has 0 aromatic carbocycles. The summed E-state index contributed by atoms with van der Waals surface area (Å²) in [4.78, 5) is 0. The first kappa shape index (κ1) is 18.9. The zero-order valence-corrected chi connectivity index (χ0v) is 12.0. The van der Waals surface area contributed by atoms with E-state index >= 15 is 0 Å². The van der Waals surface area contributed by atoms with Crippen LogP contribution in [0.25, 0.3) is 0 Å². The monoisotopic (exact) mass is 342 g/mol. The van der Waals surface area contributed by atoms with E-state index < -0.39 is 74.6 Å². The largest absolute Gasteiger partial charge is 0.394 e. The third-order valence-electron chi connectivity index (χ3n) is 4.01. The highest BCUT2D eigenvalue weighted by Gasteiger charge is 2.53. The van der Waals surface area contributed by atoms with Crippen LogP contribution in [0.1, 0.15) is 0 Å². The summed E-state index contributed by atoms with van der Waals surface area (Å²) in [5.74, 6) is -2.38. The summed E-state index contributed by atoms with van der Waals surface area (Å²) >= 11 is 0. The predicted molar refractivity (Wildman–Crippen MR) is 68.6 cm³/mol. The lowest BCUT2D eigenvalue weighted by Crippen LogP contribution is -2.67. The first-order valence-electron chi connectivity index (χ1n) is 7.04. The molecule has 0 spiro atoms. The molecule has 0 radical (unpaired) electrons. The second-order valence-corrected chi connectivity index (χ2v) is 5.63. The molecule has 0 aromatic heterocycles. The van der Waals surface area contributed by atoms with E-state index in [0.29, 0.717) is 0 Å². The molecule has 23 heavy (non-hydrogen) atoms. The number of hydrogen-bond acceptors (Lipinski definition) is 11. The van der Waals surface area contributed by atoms with Gasteiger partial charge in [0.25, 0.3) is 0 Å². The van der Waals surface area contributed by atoms with Gasteiger partial charge in [-0.1, -0.05) is 0 Å². The first-order valence-corrected chi connectivity index (χ1v) is 7.04. The van der Waals surface area contributed by atoms with Crippen LogP contribution < -0.4 is 0 Å². The van der Waals surface area contributed by atoms with Crippen molar-refractivity contribution >= 4 is 0 Å². The average molecular weight is 342 g/mol. The summed E-state index contributed by atoms with van der Waals surface area (Å²) in [5.41, 5.74) is 0. The van der Waals surface area contributed by atoms with E-state index in [4.69, 9.17) is 19.3 Å². The molecule has 11 heteroatoms. The van der Waals surface area contributed by atoms with Gasteiger partial charge in [0.15, 0.2) is 6.29 Å². The van der Waals surface area contributed by atoms with Crippen LogP contribution >= 0.6 is 0 Å². The lowest BCUT2D eigenvalue weighted by molar-refractivity contribution is -0.387. The molecular weight excluding hydrogens is 320 g/mol. The molecule has 2 fully saturated rings. The van der Waals surface area contributed by atoms with E-state index in [1.54, 1.807) is 0 Å². The van der Waals surface area contributed by atoms with E-state index in [0.717, 1.165) is 0 Å². The highest BCUT2D eigenvalue weighted by atomic mass is 16.7. The normalized spacial score (nSPS) is 51.7. The van der Waals surface area contributed by atoms with Crippen molar-refractivity contribution in [3.05, 3.63) is 0 Å². The molecule has 0 aliphatic carbocycles. The van der Waals surface area contributed by atoms with Crippen molar-refractivity contribution in [2.45, 2.75) is 54.8 Å². The predicted octanol–water partition coefficient (Wildman–Crippen LogP) is -5.40. The second kappa shape index (κ2) is 7.21. The first-order chi connectivity index (χ1) is 10.7. The van der Waals surface area contributed by atoms with Crippen LogP contribution in [0.3, 0.4) is 0 Å². The van der Waals surface area contributed by atoms with E-state index in [-0.39, 0.29) is 0 Å². The third kappa shape index (κ3) is 3.50. The minimum Gasteiger partial charge on any atom is -0.394 e. The van der Waals surface area contributed by atoms with Crippen molar-refractivity contribution in [1.82, 2.24) is 0 Å².